The Morgan fingerprint density at radius 2 is 2.05 bits per heavy atom. The van der Waals surface area contributed by atoms with Crippen molar-refractivity contribution in [2.24, 2.45) is 11.7 Å². The molecule has 0 aliphatic rings. The van der Waals surface area contributed by atoms with Gasteiger partial charge in [-0.2, -0.15) is 0 Å². The minimum atomic E-state index is -3.95. The molecule has 0 spiro atoms. The summed E-state index contributed by atoms with van der Waals surface area (Å²) in [6.45, 7) is 4.08. The number of hydrogen-bond donors (Lipinski definition) is 2. The standard InChI is InChI=1S/C13H21FN2O3S/c1-9(2)12(8-19-3)16-20(17,18)13-6-10(7-15)4-5-11(13)14/h4-6,9,12,16H,7-8,15H2,1-3H3. The van der Waals surface area contributed by atoms with E-state index in [9.17, 15) is 12.8 Å². The fraction of sp³-hybridized carbons (Fsp3) is 0.538. The quantitative estimate of drug-likeness (QED) is 0.794. The molecule has 0 fully saturated rings. The third-order valence-electron chi connectivity index (χ3n) is 2.98. The van der Waals surface area contributed by atoms with Crippen molar-refractivity contribution in [1.29, 1.82) is 0 Å². The van der Waals surface area contributed by atoms with E-state index in [1.807, 2.05) is 13.8 Å². The van der Waals surface area contributed by atoms with E-state index in [0.29, 0.717) is 5.56 Å². The molecule has 20 heavy (non-hydrogen) atoms. The number of methoxy groups -OCH3 is 1. The summed E-state index contributed by atoms with van der Waals surface area (Å²) >= 11 is 0. The molecule has 0 radical (unpaired) electrons. The van der Waals surface area contributed by atoms with Gasteiger partial charge in [-0.15, -0.1) is 0 Å². The minimum Gasteiger partial charge on any atom is -0.383 e. The molecule has 5 nitrogen and oxygen atoms in total. The van der Waals surface area contributed by atoms with Gasteiger partial charge in [0.1, 0.15) is 10.7 Å². The van der Waals surface area contributed by atoms with Crippen LogP contribution in [-0.2, 0) is 21.3 Å². The Bertz CT molecular complexity index is 547. The number of halogens is 1. The first kappa shape index (κ1) is 17.0. The lowest BCUT2D eigenvalue weighted by molar-refractivity contribution is 0.157. The summed E-state index contributed by atoms with van der Waals surface area (Å²) in [5.74, 6) is -0.778. The summed E-state index contributed by atoms with van der Waals surface area (Å²) in [4.78, 5) is -0.387. The molecule has 1 aromatic rings. The van der Waals surface area contributed by atoms with Gasteiger partial charge in [-0.1, -0.05) is 19.9 Å². The summed E-state index contributed by atoms with van der Waals surface area (Å²) < 4.78 is 45.7. The summed E-state index contributed by atoms with van der Waals surface area (Å²) in [6.07, 6.45) is 0. The molecule has 114 valence electrons. The first-order valence-electron chi connectivity index (χ1n) is 6.31. The van der Waals surface area contributed by atoms with Crippen LogP contribution in [0, 0.1) is 11.7 Å². The van der Waals surface area contributed by atoms with Crippen LogP contribution in [0.4, 0.5) is 4.39 Å². The SMILES string of the molecule is COCC(NS(=O)(=O)c1cc(CN)ccc1F)C(C)C. The second-order valence-corrected chi connectivity index (χ2v) is 6.58. The van der Waals surface area contributed by atoms with Crippen molar-refractivity contribution in [3.05, 3.63) is 29.6 Å². The van der Waals surface area contributed by atoms with Crippen LogP contribution in [0.3, 0.4) is 0 Å². The average Bonchev–Trinajstić information content (AvgIpc) is 2.38. The maximum atomic E-state index is 13.7. The molecule has 1 atom stereocenters. The molecule has 0 aliphatic heterocycles. The topological polar surface area (TPSA) is 81.4 Å². The Labute approximate surface area is 119 Å². The number of rotatable bonds is 7. The van der Waals surface area contributed by atoms with Crippen LogP contribution in [0.5, 0.6) is 0 Å². The molecule has 0 saturated carbocycles. The summed E-state index contributed by atoms with van der Waals surface area (Å²) in [6, 6.07) is 3.40. The van der Waals surface area contributed by atoms with Gasteiger partial charge in [0.15, 0.2) is 0 Å². The molecule has 7 heteroatoms. The van der Waals surface area contributed by atoms with E-state index in [1.54, 1.807) is 0 Å². The molecule has 0 saturated heterocycles. The molecule has 0 aromatic heterocycles. The van der Waals surface area contributed by atoms with Crippen LogP contribution in [0.1, 0.15) is 19.4 Å². The predicted octanol–water partition coefficient (Wildman–Crippen LogP) is 1.23. The second-order valence-electron chi connectivity index (χ2n) is 4.90. The molecule has 0 heterocycles. The zero-order chi connectivity index (χ0) is 15.3. The van der Waals surface area contributed by atoms with Crippen LogP contribution in [0.15, 0.2) is 23.1 Å². The van der Waals surface area contributed by atoms with Crippen LogP contribution >= 0.6 is 0 Å². The van der Waals surface area contributed by atoms with Gasteiger partial charge in [0, 0.05) is 19.7 Å². The Morgan fingerprint density at radius 1 is 1.40 bits per heavy atom. The maximum Gasteiger partial charge on any atom is 0.243 e. The molecule has 0 amide bonds. The highest BCUT2D eigenvalue weighted by Gasteiger charge is 2.25. The van der Waals surface area contributed by atoms with Gasteiger partial charge in [0.25, 0.3) is 0 Å². The molecule has 0 bridgehead atoms. The van der Waals surface area contributed by atoms with Crippen molar-refractivity contribution in [3.8, 4) is 0 Å². The largest absolute Gasteiger partial charge is 0.383 e. The second kappa shape index (κ2) is 7.12. The molecule has 1 rings (SSSR count). The van der Waals surface area contributed by atoms with Gasteiger partial charge in [0.2, 0.25) is 10.0 Å². The van der Waals surface area contributed by atoms with Crippen molar-refractivity contribution in [2.45, 2.75) is 31.3 Å². The number of ether oxygens (including phenoxy) is 1. The van der Waals surface area contributed by atoms with E-state index in [2.05, 4.69) is 4.72 Å². The molecule has 1 aromatic carbocycles. The van der Waals surface area contributed by atoms with E-state index in [4.69, 9.17) is 10.5 Å². The monoisotopic (exact) mass is 304 g/mol. The van der Waals surface area contributed by atoms with Gasteiger partial charge in [-0.05, 0) is 23.6 Å². The normalized spacial score (nSPS) is 13.7. The molecule has 3 N–H and O–H groups in total. The predicted molar refractivity (Wildman–Crippen MR) is 75.1 cm³/mol. The number of nitrogens with two attached hydrogens (primary N) is 1. The van der Waals surface area contributed by atoms with Crippen LogP contribution in [0.25, 0.3) is 0 Å². The molecule has 0 aliphatic carbocycles. The first-order chi connectivity index (χ1) is 9.31. The molecule has 1 unspecified atom stereocenters. The van der Waals surface area contributed by atoms with Crippen molar-refractivity contribution < 1.29 is 17.5 Å². The third kappa shape index (κ3) is 4.24. The van der Waals surface area contributed by atoms with Crippen molar-refractivity contribution in [1.82, 2.24) is 4.72 Å². The van der Waals surface area contributed by atoms with E-state index in [0.717, 1.165) is 6.07 Å². The van der Waals surface area contributed by atoms with Crippen molar-refractivity contribution in [2.75, 3.05) is 13.7 Å². The van der Waals surface area contributed by atoms with Crippen LogP contribution < -0.4 is 10.5 Å². The highest BCUT2D eigenvalue weighted by molar-refractivity contribution is 7.89. The van der Waals surface area contributed by atoms with E-state index in [1.165, 1.54) is 19.2 Å². The zero-order valence-electron chi connectivity index (χ0n) is 11.9. The van der Waals surface area contributed by atoms with Gasteiger partial charge in [0.05, 0.1) is 6.61 Å². The number of sulfonamides is 1. The Balaban J connectivity index is 3.09. The fourth-order valence-electron chi connectivity index (χ4n) is 1.69. The molecular weight excluding hydrogens is 283 g/mol. The number of benzene rings is 1. The van der Waals surface area contributed by atoms with Crippen LogP contribution in [-0.4, -0.2) is 28.2 Å². The van der Waals surface area contributed by atoms with Crippen LogP contribution in [0.2, 0.25) is 0 Å². The Kier molecular flexibility index (Phi) is 6.07. The highest BCUT2D eigenvalue weighted by atomic mass is 32.2. The first-order valence-corrected chi connectivity index (χ1v) is 7.80. The fourth-order valence-corrected chi connectivity index (χ4v) is 3.18. The highest BCUT2D eigenvalue weighted by Crippen LogP contribution is 2.17. The zero-order valence-corrected chi connectivity index (χ0v) is 12.7. The lowest BCUT2D eigenvalue weighted by atomic mass is 10.1. The molecular formula is C13H21FN2O3S. The van der Waals surface area contributed by atoms with Crippen molar-refractivity contribution >= 4 is 10.0 Å². The van der Waals surface area contributed by atoms with E-state index in [-0.39, 0.29) is 24.0 Å². The van der Waals surface area contributed by atoms with Gasteiger partial charge >= 0.3 is 0 Å². The van der Waals surface area contributed by atoms with Gasteiger partial charge < -0.3 is 10.5 Å². The Hall–Kier alpha value is -1.02. The number of hydrogen-bond acceptors (Lipinski definition) is 4. The van der Waals surface area contributed by atoms with E-state index >= 15 is 0 Å². The summed E-state index contributed by atoms with van der Waals surface area (Å²) in [5, 5.41) is 0. The van der Waals surface area contributed by atoms with Gasteiger partial charge in [-0.3, -0.25) is 0 Å². The lowest BCUT2D eigenvalue weighted by Crippen LogP contribution is -2.41. The number of nitrogens with one attached hydrogen (secondary N) is 1. The minimum absolute atomic E-state index is 0.0190. The van der Waals surface area contributed by atoms with E-state index < -0.39 is 21.9 Å². The summed E-state index contributed by atoms with van der Waals surface area (Å²) in [5.41, 5.74) is 6.01. The van der Waals surface area contributed by atoms with Gasteiger partial charge in [-0.25, -0.2) is 17.5 Å². The van der Waals surface area contributed by atoms with Crippen molar-refractivity contribution in [3.63, 3.8) is 0 Å². The third-order valence-corrected chi connectivity index (χ3v) is 4.48. The lowest BCUT2D eigenvalue weighted by Gasteiger charge is -2.21. The Morgan fingerprint density at radius 3 is 2.55 bits per heavy atom. The summed E-state index contributed by atoms with van der Waals surface area (Å²) in [7, 11) is -2.47. The smallest absolute Gasteiger partial charge is 0.243 e. The maximum absolute atomic E-state index is 13.7. The average molecular weight is 304 g/mol.